The van der Waals surface area contributed by atoms with E-state index in [9.17, 15) is 4.79 Å². The van der Waals surface area contributed by atoms with Crippen molar-refractivity contribution in [2.45, 2.75) is 13.8 Å². The molecule has 3 aromatic rings. The largest absolute Gasteiger partial charge is 0.304 e. The molecule has 0 bridgehead atoms. The Labute approximate surface area is 120 Å². The van der Waals surface area contributed by atoms with Crippen molar-refractivity contribution >= 4 is 11.3 Å². The van der Waals surface area contributed by atoms with Gasteiger partial charge in [-0.3, -0.25) is 4.79 Å². The van der Waals surface area contributed by atoms with Gasteiger partial charge in [0.2, 0.25) is 0 Å². The van der Waals surface area contributed by atoms with Crippen LogP contribution in [0.3, 0.4) is 0 Å². The van der Waals surface area contributed by atoms with Crippen LogP contribution in [0.25, 0.3) is 22.1 Å². The number of aryl methyl sites for hydroxylation is 1. The van der Waals surface area contributed by atoms with E-state index in [-0.39, 0.29) is 5.56 Å². The maximum Gasteiger partial charge on any atom is 0.254 e. The average molecular weight is 283 g/mol. The van der Waals surface area contributed by atoms with Crippen LogP contribution in [-0.2, 0) is 0 Å². The molecule has 100 valence electrons. The highest BCUT2D eigenvalue weighted by Gasteiger charge is 2.10. The van der Waals surface area contributed by atoms with E-state index in [0.717, 1.165) is 22.0 Å². The summed E-state index contributed by atoms with van der Waals surface area (Å²) in [6.45, 7) is 3.60. The van der Waals surface area contributed by atoms with Gasteiger partial charge >= 0.3 is 0 Å². The highest BCUT2D eigenvalue weighted by atomic mass is 32.1. The minimum absolute atomic E-state index is 0.107. The summed E-state index contributed by atoms with van der Waals surface area (Å²) in [6, 6.07) is 9.94. The van der Waals surface area contributed by atoms with Crippen LogP contribution in [0.15, 0.2) is 40.5 Å². The Hall–Kier alpha value is -2.27. The lowest BCUT2D eigenvalue weighted by Gasteiger charge is -2.01. The fourth-order valence-electron chi connectivity index (χ4n) is 1.87. The molecule has 0 saturated carbocycles. The van der Waals surface area contributed by atoms with E-state index in [1.807, 2.05) is 42.6 Å². The lowest BCUT2D eigenvalue weighted by atomic mass is 10.2. The topological polar surface area (TPSA) is 58.6 Å². The molecule has 0 radical (unpaired) electrons. The van der Waals surface area contributed by atoms with Gasteiger partial charge in [0, 0.05) is 22.2 Å². The summed E-state index contributed by atoms with van der Waals surface area (Å²) < 4.78 is 0. The zero-order chi connectivity index (χ0) is 14.1. The van der Waals surface area contributed by atoms with Gasteiger partial charge in [-0.15, -0.1) is 11.3 Å². The van der Waals surface area contributed by atoms with Crippen molar-refractivity contribution in [3.8, 4) is 22.1 Å². The Morgan fingerprint density at radius 2 is 1.85 bits per heavy atom. The summed E-state index contributed by atoms with van der Waals surface area (Å²) in [7, 11) is 0. The molecular weight excluding hydrogens is 270 g/mol. The molecule has 0 saturated heterocycles. The van der Waals surface area contributed by atoms with Crippen LogP contribution in [0.1, 0.15) is 11.3 Å². The number of aromatic nitrogens is 3. The van der Waals surface area contributed by atoms with Crippen molar-refractivity contribution in [3.05, 3.63) is 57.3 Å². The fraction of sp³-hybridized carbons (Fsp3) is 0.133. The zero-order valence-electron chi connectivity index (χ0n) is 11.2. The summed E-state index contributed by atoms with van der Waals surface area (Å²) >= 11 is 1.48. The highest BCUT2D eigenvalue weighted by Crippen LogP contribution is 2.26. The molecule has 0 aliphatic heterocycles. The first-order chi connectivity index (χ1) is 9.65. The van der Waals surface area contributed by atoms with Crippen LogP contribution < -0.4 is 5.56 Å². The maximum absolute atomic E-state index is 11.8. The number of nitrogens with zero attached hydrogens (tertiary/aromatic N) is 2. The van der Waals surface area contributed by atoms with Crippen molar-refractivity contribution < 1.29 is 0 Å². The van der Waals surface area contributed by atoms with Gasteiger partial charge in [-0.1, -0.05) is 30.3 Å². The minimum atomic E-state index is -0.107. The molecule has 0 aliphatic carbocycles. The van der Waals surface area contributed by atoms with Gasteiger partial charge in [0.05, 0.1) is 5.69 Å². The summed E-state index contributed by atoms with van der Waals surface area (Å²) in [6.07, 6.45) is 0. The first-order valence-corrected chi connectivity index (χ1v) is 7.12. The van der Waals surface area contributed by atoms with Gasteiger partial charge < -0.3 is 4.98 Å². The Kier molecular flexibility index (Phi) is 3.20. The quantitative estimate of drug-likeness (QED) is 0.786. The number of H-pyrrole nitrogens is 1. The van der Waals surface area contributed by atoms with Gasteiger partial charge in [-0.05, 0) is 13.8 Å². The summed E-state index contributed by atoms with van der Waals surface area (Å²) in [5.74, 6) is 0.533. The molecule has 1 aromatic carbocycles. The molecule has 1 N–H and O–H groups in total. The highest BCUT2D eigenvalue weighted by molar-refractivity contribution is 7.13. The zero-order valence-corrected chi connectivity index (χ0v) is 12.0. The standard InChI is InChI=1S/C15H13N3OS/c1-9-10(2)16-13(18-14(9)19)15-17-12(8-20-15)11-6-4-3-5-7-11/h3-8H,1-2H3,(H,16,18,19). The van der Waals surface area contributed by atoms with E-state index in [0.29, 0.717) is 11.4 Å². The van der Waals surface area contributed by atoms with Gasteiger partial charge in [0.25, 0.3) is 5.56 Å². The Morgan fingerprint density at radius 1 is 1.10 bits per heavy atom. The van der Waals surface area contributed by atoms with Gasteiger partial charge in [0.1, 0.15) is 0 Å². The molecule has 5 heteroatoms. The first kappa shape index (κ1) is 12.7. The molecule has 20 heavy (non-hydrogen) atoms. The van der Waals surface area contributed by atoms with Crippen molar-refractivity contribution in [1.29, 1.82) is 0 Å². The van der Waals surface area contributed by atoms with Crippen molar-refractivity contribution in [1.82, 2.24) is 15.0 Å². The number of thiazole rings is 1. The van der Waals surface area contributed by atoms with E-state index in [4.69, 9.17) is 0 Å². The van der Waals surface area contributed by atoms with Crippen LogP contribution in [0.2, 0.25) is 0 Å². The van der Waals surface area contributed by atoms with Gasteiger partial charge in [-0.25, -0.2) is 9.97 Å². The maximum atomic E-state index is 11.8. The van der Waals surface area contributed by atoms with Crippen LogP contribution in [-0.4, -0.2) is 15.0 Å². The second-order valence-corrected chi connectivity index (χ2v) is 5.39. The lowest BCUT2D eigenvalue weighted by molar-refractivity contribution is 1.03. The predicted octanol–water partition coefficient (Wildman–Crippen LogP) is 3.18. The van der Waals surface area contributed by atoms with Crippen LogP contribution in [0.5, 0.6) is 0 Å². The van der Waals surface area contributed by atoms with E-state index >= 15 is 0 Å². The third kappa shape index (κ3) is 2.28. The molecular formula is C15H13N3OS. The fourth-order valence-corrected chi connectivity index (χ4v) is 2.64. The van der Waals surface area contributed by atoms with E-state index in [2.05, 4.69) is 15.0 Å². The molecule has 2 heterocycles. The molecule has 0 amide bonds. The monoisotopic (exact) mass is 283 g/mol. The minimum Gasteiger partial charge on any atom is -0.304 e. The average Bonchev–Trinajstić information content (AvgIpc) is 2.95. The predicted molar refractivity (Wildman–Crippen MR) is 80.9 cm³/mol. The van der Waals surface area contributed by atoms with Crippen LogP contribution in [0.4, 0.5) is 0 Å². The number of rotatable bonds is 2. The smallest absolute Gasteiger partial charge is 0.254 e. The number of hydrogen-bond donors (Lipinski definition) is 1. The molecule has 0 atom stereocenters. The number of aromatic amines is 1. The Bertz CT molecular complexity index is 805. The summed E-state index contributed by atoms with van der Waals surface area (Å²) in [4.78, 5) is 23.5. The normalized spacial score (nSPS) is 10.7. The van der Waals surface area contributed by atoms with Gasteiger partial charge in [-0.2, -0.15) is 0 Å². The third-order valence-electron chi connectivity index (χ3n) is 3.17. The number of benzene rings is 1. The second kappa shape index (κ2) is 5.02. The number of hydrogen-bond acceptors (Lipinski definition) is 4. The van der Waals surface area contributed by atoms with Crippen molar-refractivity contribution in [2.24, 2.45) is 0 Å². The van der Waals surface area contributed by atoms with E-state index in [1.54, 1.807) is 6.92 Å². The molecule has 0 aliphatic rings. The van der Waals surface area contributed by atoms with E-state index in [1.165, 1.54) is 11.3 Å². The van der Waals surface area contributed by atoms with Crippen LogP contribution >= 0.6 is 11.3 Å². The Morgan fingerprint density at radius 3 is 2.55 bits per heavy atom. The molecule has 4 nitrogen and oxygen atoms in total. The van der Waals surface area contributed by atoms with E-state index < -0.39 is 0 Å². The van der Waals surface area contributed by atoms with Crippen molar-refractivity contribution in [2.75, 3.05) is 0 Å². The summed E-state index contributed by atoms with van der Waals surface area (Å²) in [5, 5.41) is 2.70. The van der Waals surface area contributed by atoms with Gasteiger partial charge in [0.15, 0.2) is 10.8 Å². The third-order valence-corrected chi connectivity index (χ3v) is 4.02. The Balaban J connectivity index is 2.05. The molecule has 0 spiro atoms. The SMILES string of the molecule is Cc1nc(-c2nc(-c3ccccc3)cs2)[nH]c(=O)c1C. The molecule has 3 rings (SSSR count). The second-order valence-electron chi connectivity index (χ2n) is 4.53. The molecule has 2 aromatic heterocycles. The number of nitrogens with one attached hydrogen (secondary N) is 1. The summed E-state index contributed by atoms with van der Waals surface area (Å²) in [5.41, 5.74) is 3.23. The first-order valence-electron chi connectivity index (χ1n) is 6.24. The lowest BCUT2D eigenvalue weighted by Crippen LogP contribution is -2.14. The van der Waals surface area contributed by atoms with Crippen LogP contribution in [0, 0.1) is 13.8 Å². The molecule has 0 fully saturated rings. The van der Waals surface area contributed by atoms with Crippen molar-refractivity contribution in [3.63, 3.8) is 0 Å². The molecule has 0 unspecified atom stereocenters.